The van der Waals surface area contributed by atoms with Crippen LogP contribution in [0.25, 0.3) is 0 Å². The van der Waals surface area contributed by atoms with Crippen LogP contribution in [-0.4, -0.2) is 54.4 Å². The van der Waals surface area contributed by atoms with Gasteiger partial charge in [-0.15, -0.1) is 0 Å². The third-order valence-corrected chi connectivity index (χ3v) is 8.62. The van der Waals surface area contributed by atoms with Crippen molar-refractivity contribution in [3.63, 3.8) is 0 Å². The minimum atomic E-state index is -1.24. The molecule has 0 atom stereocenters. The minimum absolute atomic E-state index is 0.149. The van der Waals surface area contributed by atoms with Gasteiger partial charge in [0.25, 0.3) is 0 Å². The molecule has 0 unspecified atom stereocenters. The number of carbonyl (C=O) groups is 3. The first-order chi connectivity index (χ1) is 15.2. The molecule has 0 saturated carbocycles. The van der Waals surface area contributed by atoms with E-state index >= 15 is 0 Å². The van der Waals surface area contributed by atoms with Gasteiger partial charge in [0, 0.05) is 18.1 Å². The molecular weight excluding hydrogens is 515 g/mol. The number of hydrogen-bond acceptors (Lipinski definition) is 3. The molecule has 188 valence electrons. The number of hydrogen-bond donors (Lipinski definition) is 3. The van der Waals surface area contributed by atoms with Crippen LogP contribution < -0.4 is 0 Å². The van der Waals surface area contributed by atoms with Gasteiger partial charge in [-0.1, -0.05) is 58.3 Å². The van der Waals surface area contributed by atoms with Crippen molar-refractivity contribution in [2.45, 2.75) is 126 Å². The molecule has 0 bridgehead atoms. The van der Waals surface area contributed by atoms with Crippen LogP contribution >= 0.6 is 0 Å². The molecule has 2 radical (unpaired) electrons. The van der Waals surface area contributed by atoms with Crippen LogP contribution in [0.4, 0.5) is 0 Å². The van der Waals surface area contributed by atoms with Gasteiger partial charge in [0.15, 0.2) is 0 Å². The normalized spacial score (nSPS) is 10.4. The van der Waals surface area contributed by atoms with E-state index in [2.05, 4.69) is 20.8 Å². The summed E-state index contributed by atoms with van der Waals surface area (Å²) in [6, 6.07) is 0. The number of aliphatic carboxylic acids is 3. The van der Waals surface area contributed by atoms with E-state index < -0.39 is 17.9 Å². The molecule has 0 aromatic rings. The number of carboxylic acid groups (broad SMARTS) is 3. The van der Waals surface area contributed by atoms with Crippen molar-refractivity contribution in [3.05, 3.63) is 11.6 Å². The summed E-state index contributed by atoms with van der Waals surface area (Å²) >= 11 is 0.149. The maximum atomic E-state index is 10.2. The fraction of sp³-hybridized carbons (Fsp3) is 0.800. The van der Waals surface area contributed by atoms with Crippen molar-refractivity contribution < 1.29 is 29.7 Å². The van der Waals surface area contributed by atoms with Crippen molar-refractivity contribution in [1.82, 2.24) is 0 Å². The molecule has 3 N–H and O–H groups in total. The first-order valence-corrected chi connectivity index (χ1v) is 16.3. The van der Waals surface area contributed by atoms with E-state index in [9.17, 15) is 14.4 Å². The summed E-state index contributed by atoms with van der Waals surface area (Å²) in [7, 11) is 0. The van der Waals surface area contributed by atoms with Crippen LogP contribution in [0.5, 0.6) is 0 Å². The molecule has 0 spiro atoms. The first kappa shape index (κ1) is 35.5. The van der Waals surface area contributed by atoms with Gasteiger partial charge in [0.05, 0.1) is 0 Å². The molecule has 0 aliphatic carbocycles. The molecule has 0 aliphatic heterocycles. The van der Waals surface area contributed by atoms with Crippen LogP contribution in [0.1, 0.15) is 118 Å². The first-order valence-electron chi connectivity index (χ1n) is 12.3. The third kappa shape index (κ3) is 39.4. The third-order valence-electron chi connectivity index (χ3n) is 4.59. The SMILES string of the molecule is C/C(=C/C(=O)O)C(=O)O.CCCCCCCCCCCC(=O)O.CCC[CH2][Sn][CH2]CCC. The Morgan fingerprint density at radius 1 is 0.656 bits per heavy atom. The van der Waals surface area contributed by atoms with Gasteiger partial charge in [-0.2, -0.15) is 0 Å². The number of unbranched alkanes of at least 4 members (excludes halogenated alkanes) is 10. The second-order valence-corrected chi connectivity index (χ2v) is 12.2. The summed E-state index contributed by atoms with van der Waals surface area (Å²) in [5.41, 5.74) is -0.178. The summed E-state index contributed by atoms with van der Waals surface area (Å²) in [6.07, 6.45) is 18.0. The monoisotopic (exact) mass is 564 g/mol. The molecule has 0 rings (SSSR count). The van der Waals surface area contributed by atoms with Gasteiger partial charge in [-0.3, -0.25) is 4.79 Å². The van der Waals surface area contributed by atoms with Gasteiger partial charge in [0.2, 0.25) is 0 Å². The molecular formula is C25H48O6Sn. The molecule has 0 saturated heterocycles. The second-order valence-electron chi connectivity index (χ2n) is 7.90. The quantitative estimate of drug-likeness (QED) is 0.0923. The molecule has 6 nitrogen and oxygen atoms in total. The second kappa shape index (κ2) is 29.9. The van der Waals surface area contributed by atoms with Crippen molar-refractivity contribution in [2.24, 2.45) is 0 Å². The van der Waals surface area contributed by atoms with Gasteiger partial charge >= 0.3 is 87.5 Å². The fourth-order valence-electron chi connectivity index (χ4n) is 2.56. The van der Waals surface area contributed by atoms with Gasteiger partial charge in [-0.25, -0.2) is 9.59 Å². The van der Waals surface area contributed by atoms with Crippen LogP contribution in [0.2, 0.25) is 8.87 Å². The molecule has 0 heterocycles. The predicted molar refractivity (Wildman–Crippen MR) is 134 cm³/mol. The van der Waals surface area contributed by atoms with Crippen LogP contribution in [0.15, 0.2) is 11.6 Å². The zero-order chi connectivity index (χ0) is 25.0. The summed E-state index contributed by atoms with van der Waals surface area (Å²) < 4.78 is 3.25. The topological polar surface area (TPSA) is 112 Å². The van der Waals surface area contributed by atoms with Crippen molar-refractivity contribution in [3.8, 4) is 0 Å². The Morgan fingerprint density at radius 3 is 1.38 bits per heavy atom. The Labute approximate surface area is 206 Å². The van der Waals surface area contributed by atoms with E-state index in [0.717, 1.165) is 12.8 Å². The maximum absolute atomic E-state index is 10.2. The Hall–Kier alpha value is -1.05. The zero-order valence-electron chi connectivity index (χ0n) is 21.0. The van der Waals surface area contributed by atoms with E-state index in [1.54, 1.807) is 8.87 Å². The average Bonchev–Trinajstić information content (AvgIpc) is 2.73. The van der Waals surface area contributed by atoms with E-state index in [-0.39, 0.29) is 26.7 Å². The molecule has 0 amide bonds. The van der Waals surface area contributed by atoms with Gasteiger partial charge in [0.1, 0.15) is 0 Å². The summed E-state index contributed by atoms with van der Waals surface area (Å²) in [5, 5.41) is 24.5. The summed E-state index contributed by atoms with van der Waals surface area (Å²) in [6.45, 7) is 8.03. The van der Waals surface area contributed by atoms with E-state index in [1.165, 1.54) is 77.6 Å². The Morgan fingerprint density at radius 2 is 1.06 bits per heavy atom. The Kier molecular flexibility index (Phi) is 33.3. The molecule has 0 fully saturated rings. The Bertz CT molecular complexity index is 471. The van der Waals surface area contributed by atoms with Crippen LogP contribution in [-0.2, 0) is 14.4 Å². The molecule has 0 aliphatic rings. The standard InChI is InChI=1S/C12H24O2.C5H6O4.2C4H9.Sn/c1-2-3-4-5-6-7-8-9-10-11-12(13)14;1-3(5(8)9)2-4(6)7;2*1-3-4-2;/h2-11H2,1H3,(H,13,14);2H,1H3,(H,6,7)(H,8,9);2*1,3-4H2,2H3;/b;3-2-;;;. The van der Waals surface area contributed by atoms with Crippen molar-refractivity contribution in [2.75, 3.05) is 0 Å². The molecule has 32 heavy (non-hydrogen) atoms. The fourth-order valence-corrected chi connectivity index (χ4v) is 6.72. The van der Waals surface area contributed by atoms with E-state index in [4.69, 9.17) is 15.3 Å². The summed E-state index contributed by atoms with van der Waals surface area (Å²) in [5.74, 6) is -3.11. The Balaban J connectivity index is -0.000000411. The number of rotatable bonds is 18. The molecule has 0 aromatic carbocycles. The predicted octanol–water partition coefficient (Wildman–Crippen LogP) is 7.22. The molecule has 0 aromatic heterocycles. The zero-order valence-corrected chi connectivity index (χ0v) is 23.8. The van der Waals surface area contributed by atoms with Crippen LogP contribution in [0, 0.1) is 0 Å². The van der Waals surface area contributed by atoms with Crippen molar-refractivity contribution >= 4 is 39.1 Å². The van der Waals surface area contributed by atoms with E-state index in [1.807, 2.05) is 0 Å². The molecule has 7 heteroatoms. The van der Waals surface area contributed by atoms with E-state index in [0.29, 0.717) is 12.5 Å². The van der Waals surface area contributed by atoms with Crippen LogP contribution in [0.3, 0.4) is 0 Å². The van der Waals surface area contributed by atoms with Gasteiger partial charge in [-0.05, 0) is 13.3 Å². The van der Waals surface area contributed by atoms with Gasteiger partial charge < -0.3 is 15.3 Å². The average molecular weight is 563 g/mol. The summed E-state index contributed by atoms with van der Waals surface area (Å²) in [4.78, 5) is 29.9. The van der Waals surface area contributed by atoms with Crippen molar-refractivity contribution in [1.29, 1.82) is 0 Å². The number of carboxylic acids is 3.